The van der Waals surface area contributed by atoms with Crippen molar-refractivity contribution in [3.63, 3.8) is 0 Å². The lowest BCUT2D eigenvalue weighted by Gasteiger charge is -2.31. The molecular formula is C17H21N3O2S. The first kappa shape index (κ1) is 16.0. The highest BCUT2D eigenvalue weighted by Gasteiger charge is 2.17. The Balaban J connectivity index is 1.57. The lowest BCUT2D eigenvalue weighted by Crippen LogP contribution is -2.35. The SMILES string of the molecule is Cc1cnc(CNC(=O)c2ccc(N3CCC(O)CC3)cc2)s1. The van der Waals surface area contributed by atoms with Gasteiger partial charge in [0.1, 0.15) is 5.01 Å². The third-order valence-electron chi connectivity index (χ3n) is 4.03. The van der Waals surface area contributed by atoms with Crippen LogP contribution in [0, 0.1) is 6.92 Å². The van der Waals surface area contributed by atoms with Crippen LogP contribution in [-0.4, -0.2) is 35.2 Å². The fraction of sp³-hybridized carbons (Fsp3) is 0.412. The van der Waals surface area contributed by atoms with Gasteiger partial charge in [0.25, 0.3) is 5.91 Å². The zero-order valence-electron chi connectivity index (χ0n) is 13.2. The van der Waals surface area contributed by atoms with Gasteiger partial charge in [-0.25, -0.2) is 4.98 Å². The van der Waals surface area contributed by atoms with Crippen molar-refractivity contribution in [2.24, 2.45) is 0 Å². The fourth-order valence-electron chi connectivity index (χ4n) is 2.69. The van der Waals surface area contributed by atoms with Gasteiger partial charge in [-0.1, -0.05) is 0 Å². The number of hydrogen-bond acceptors (Lipinski definition) is 5. The van der Waals surface area contributed by atoms with E-state index >= 15 is 0 Å². The van der Waals surface area contributed by atoms with Gasteiger partial charge in [-0.15, -0.1) is 11.3 Å². The summed E-state index contributed by atoms with van der Waals surface area (Å²) in [5, 5.41) is 13.4. The van der Waals surface area contributed by atoms with Gasteiger partial charge in [0.05, 0.1) is 12.6 Å². The molecule has 23 heavy (non-hydrogen) atoms. The third kappa shape index (κ3) is 4.09. The predicted octanol–water partition coefficient (Wildman–Crippen LogP) is 2.34. The molecule has 5 nitrogen and oxygen atoms in total. The Morgan fingerprint density at radius 3 is 2.65 bits per heavy atom. The highest BCUT2D eigenvalue weighted by atomic mass is 32.1. The first-order valence-electron chi connectivity index (χ1n) is 7.84. The van der Waals surface area contributed by atoms with Gasteiger partial charge in [0.2, 0.25) is 0 Å². The van der Waals surface area contributed by atoms with Crippen molar-refractivity contribution < 1.29 is 9.90 Å². The molecule has 1 aliphatic heterocycles. The average Bonchev–Trinajstić information content (AvgIpc) is 2.99. The number of hydrogen-bond donors (Lipinski definition) is 2. The number of carbonyl (C=O) groups excluding carboxylic acids is 1. The fourth-order valence-corrected chi connectivity index (χ4v) is 3.42. The molecule has 1 aromatic carbocycles. The van der Waals surface area contributed by atoms with E-state index in [2.05, 4.69) is 15.2 Å². The number of aliphatic hydroxyl groups excluding tert-OH is 1. The largest absolute Gasteiger partial charge is 0.393 e. The minimum atomic E-state index is -0.175. The molecular weight excluding hydrogens is 310 g/mol. The van der Waals surface area contributed by atoms with Crippen molar-refractivity contribution in [1.82, 2.24) is 10.3 Å². The molecule has 0 spiro atoms. The summed E-state index contributed by atoms with van der Waals surface area (Å²) in [5.74, 6) is -0.0848. The molecule has 3 rings (SSSR count). The molecule has 1 saturated heterocycles. The summed E-state index contributed by atoms with van der Waals surface area (Å²) in [4.78, 5) is 19.8. The minimum absolute atomic E-state index is 0.0848. The summed E-state index contributed by atoms with van der Waals surface area (Å²) < 4.78 is 0. The maximum absolute atomic E-state index is 12.2. The summed E-state index contributed by atoms with van der Waals surface area (Å²) in [6, 6.07) is 7.64. The van der Waals surface area contributed by atoms with E-state index < -0.39 is 0 Å². The van der Waals surface area contributed by atoms with Crippen molar-refractivity contribution in [2.75, 3.05) is 18.0 Å². The van der Waals surface area contributed by atoms with Crippen LogP contribution < -0.4 is 10.2 Å². The molecule has 2 heterocycles. The number of amides is 1. The zero-order chi connectivity index (χ0) is 16.2. The normalized spacial score (nSPS) is 15.7. The number of piperidine rings is 1. The monoisotopic (exact) mass is 331 g/mol. The molecule has 1 fully saturated rings. The van der Waals surface area contributed by atoms with Crippen molar-refractivity contribution >= 4 is 22.9 Å². The molecule has 1 aliphatic rings. The molecule has 2 aromatic rings. The van der Waals surface area contributed by atoms with E-state index in [0.717, 1.165) is 41.5 Å². The quantitative estimate of drug-likeness (QED) is 0.902. The second kappa shape index (κ2) is 7.10. The summed E-state index contributed by atoms with van der Waals surface area (Å²) in [7, 11) is 0. The summed E-state index contributed by atoms with van der Waals surface area (Å²) in [5.41, 5.74) is 1.75. The van der Waals surface area contributed by atoms with Crippen molar-refractivity contribution in [3.05, 3.63) is 45.9 Å². The van der Waals surface area contributed by atoms with Gasteiger partial charge in [-0.2, -0.15) is 0 Å². The predicted molar refractivity (Wildman–Crippen MR) is 91.9 cm³/mol. The van der Waals surface area contributed by atoms with Crippen LogP contribution in [0.1, 0.15) is 33.1 Å². The van der Waals surface area contributed by atoms with Gasteiger partial charge >= 0.3 is 0 Å². The second-order valence-corrected chi connectivity index (χ2v) is 7.13. The van der Waals surface area contributed by atoms with E-state index in [1.165, 1.54) is 0 Å². The molecule has 0 aliphatic carbocycles. The van der Waals surface area contributed by atoms with Crippen molar-refractivity contribution in [1.29, 1.82) is 0 Å². The highest BCUT2D eigenvalue weighted by Crippen LogP contribution is 2.20. The maximum atomic E-state index is 12.2. The second-order valence-electron chi connectivity index (χ2n) is 5.81. The zero-order valence-corrected chi connectivity index (χ0v) is 14.0. The van der Waals surface area contributed by atoms with E-state index in [1.54, 1.807) is 11.3 Å². The number of anilines is 1. The van der Waals surface area contributed by atoms with E-state index in [-0.39, 0.29) is 12.0 Å². The van der Waals surface area contributed by atoms with E-state index in [0.29, 0.717) is 12.1 Å². The Bertz CT molecular complexity index is 661. The number of nitrogens with one attached hydrogen (secondary N) is 1. The Hall–Kier alpha value is -1.92. The molecule has 122 valence electrons. The number of aliphatic hydroxyl groups is 1. The van der Waals surface area contributed by atoms with E-state index in [1.807, 2.05) is 37.4 Å². The van der Waals surface area contributed by atoms with E-state index in [4.69, 9.17) is 0 Å². The van der Waals surface area contributed by atoms with Gasteiger partial charge in [0, 0.05) is 35.4 Å². The molecule has 0 atom stereocenters. The maximum Gasteiger partial charge on any atom is 0.251 e. The van der Waals surface area contributed by atoms with Crippen LogP contribution in [0.25, 0.3) is 0 Å². The average molecular weight is 331 g/mol. The van der Waals surface area contributed by atoms with Crippen LogP contribution in [0.3, 0.4) is 0 Å². The Morgan fingerprint density at radius 1 is 1.35 bits per heavy atom. The number of aromatic nitrogens is 1. The highest BCUT2D eigenvalue weighted by molar-refractivity contribution is 7.11. The van der Waals surface area contributed by atoms with Gasteiger partial charge in [-0.05, 0) is 44.0 Å². The van der Waals surface area contributed by atoms with Crippen LogP contribution in [0.2, 0.25) is 0 Å². The number of rotatable bonds is 4. The van der Waals surface area contributed by atoms with Gasteiger partial charge in [-0.3, -0.25) is 4.79 Å². The smallest absolute Gasteiger partial charge is 0.251 e. The molecule has 2 N–H and O–H groups in total. The van der Waals surface area contributed by atoms with E-state index in [9.17, 15) is 9.90 Å². The number of aryl methyl sites for hydroxylation is 1. The number of benzene rings is 1. The Morgan fingerprint density at radius 2 is 2.04 bits per heavy atom. The number of carbonyl (C=O) groups is 1. The molecule has 0 unspecified atom stereocenters. The van der Waals surface area contributed by atoms with Crippen LogP contribution in [0.15, 0.2) is 30.5 Å². The first-order chi connectivity index (χ1) is 11.1. The van der Waals surface area contributed by atoms with Crippen LogP contribution in [-0.2, 0) is 6.54 Å². The molecule has 6 heteroatoms. The third-order valence-corrected chi connectivity index (χ3v) is 4.94. The summed E-state index contributed by atoms with van der Waals surface area (Å²) in [6.45, 7) is 4.18. The van der Waals surface area contributed by atoms with Crippen molar-refractivity contribution in [2.45, 2.75) is 32.4 Å². The summed E-state index contributed by atoms with van der Waals surface area (Å²) in [6.07, 6.45) is 3.24. The number of nitrogens with zero attached hydrogens (tertiary/aromatic N) is 2. The van der Waals surface area contributed by atoms with Crippen molar-refractivity contribution in [3.8, 4) is 0 Å². The molecule has 0 saturated carbocycles. The topological polar surface area (TPSA) is 65.5 Å². The van der Waals surface area contributed by atoms with Crippen LogP contribution in [0.5, 0.6) is 0 Å². The summed E-state index contributed by atoms with van der Waals surface area (Å²) >= 11 is 1.59. The standard InChI is InChI=1S/C17H21N3O2S/c1-12-10-18-16(23-12)11-19-17(22)13-2-4-14(5-3-13)20-8-6-15(21)7-9-20/h2-5,10,15,21H,6-9,11H2,1H3,(H,19,22). The molecule has 1 amide bonds. The lowest BCUT2D eigenvalue weighted by molar-refractivity contribution is 0.0951. The molecule has 1 aromatic heterocycles. The van der Waals surface area contributed by atoms with Crippen LogP contribution in [0.4, 0.5) is 5.69 Å². The van der Waals surface area contributed by atoms with Gasteiger partial charge in [0.15, 0.2) is 0 Å². The Kier molecular flexibility index (Phi) is 4.93. The molecule has 0 radical (unpaired) electrons. The Labute approximate surface area is 140 Å². The lowest BCUT2D eigenvalue weighted by atomic mass is 10.1. The van der Waals surface area contributed by atoms with Crippen LogP contribution >= 0.6 is 11.3 Å². The first-order valence-corrected chi connectivity index (χ1v) is 8.66. The minimum Gasteiger partial charge on any atom is -0.393 e. The molecule has 0 bridgehead atoms. The number of thiazole rings is 1. The van der Waals surface area contributed by atoms with Gasteiger partial charge < -0.3 is 15.3 Å².